The third-order valence-corrected chi connectivity index (χ3v) is 3.21. The van der Waals surface area contributed by atoms with Crippen LogP contribution >= 0.6 is 0 Å². The van der Waals surface area contributed by atoms with Crippen LogP contribution in [0.15, 0.2) is 36.4 Å². The van der Waals surface area contributed by atoms with Crippen LogP contribution in [-0.2, 0) is 16.1 Å². The molecule has 1 unspecified atom stereocenters. The van der Waals surface area contributed by atoms with Gasteiger partial charge in [0.2, 0.25) is 0 Å². The lowest BCUT2D eigenvalue weighted by atomic mass is 10.1. The number of carboxylic acids is 1. The van der Waals surface area contributed by atoms with Gasteiger partial charge in [-0.05, 0) is 18.1 Å². The fourth-order valence-corrected chi connectivity index (χ4v) is 2.01. The summed E-state index contributed by atoms with van der Waals surface area (Å²) >= 11 is 0. The zero-order chi connectivity index (χ0) is 16.1. The van der Waals surface area contributed by atoms with Gasteiger partial charge in [-0.15, -0.1) is 0 Å². The second-order valence-electron chi connectivity index (χ2n) is 5.28. The number of aliphatic carboxylic acids is 1. The Kier molecular flexibility index (Phi) is 4.93. The Morgan fingerprint density at radius 2 is 1.95 bits per heavy atom. The van der Waals surface area contributed by atoms with E-state index < -0.39 is 18.1 Å². The molecule has 0 aliphatic heterocycles. The quantitative estimate of drug-likeness (QED) is 0.886. The van der Waals surface area contributed by atoms with Crippen molar-refractivity contribution < 1.29 is 19.4 Å². The molecule has 22 heavy (non-hydrogen) atoms. The Bertz CT molecular complexity index is 685. The number of carboxylic acid groups (broad SMARTS) is 1. The summed E-state index contributed by atoms with van der Waals surface area (Å²) in [6, 6.07) is 10.3. The molecule has 0 bridgehead atoms. The van der Waals surface area contributed by atoms with Crippen molar-refractivity contribution in [1.82, 2.24) is 10.3 Å². The van der Waals surface area contributed by atoms with E-state index in [4.69, 9.17) is 9.84 Å². The van der Waals surface area contributed by atoms with Crippen LogP contribution in [0.5, 0.6) is 0 Å². The number of amides is 1. The summed E-state index contributed by atoms with van der Waals surface area (Å²) in [6.45, 7) is 3.41. The van der Waals surface area contributed by atoms with E-state index in [0.717, 1.165) is 10.9 Å². The maximum Gasteiger partial charge on any atom is 0.408 e. The lowest BCUT2D eigenvalue weighted by Crippen LogP contribution is -2.44. The molecule has 1 aromatic heterocycles. The van der Waals surface area contributed by atoms with Gasteiger partial charge in [0, 0.05) is 5.39 Å². The number of pyridine rings is 1. The molecule has 2 N–H and O–H groups in total. The molecule has 0 fully saturated rings. The zero-order valence-corrected chi connectivity index (χ0v) is 12.4. The largest absolute Gasteiger partial charge is 0.480 e. The first-order chi connectivity index (χ1) is 10.5. The Balaban J connectivity index is 1.96. The Hall–Kier alpha value is -2.63. The number of aromatic nitrogens is 1. The lowest BCUT2D eigenvalue weighted by Gasteiger charge is -2.17. The van der Waals surface area contributed by atoms with Gasteiger partial charge in [0.05, 0.1) is 11.2 Å². The monoisotopic (exact) mass is 302 g/mol. The second kappa shape index (κ2) is 6.89. The van der Waals surface area contributed by atoms with Gasteiger partial charge >= 0.3 is 12.1 Å². The van der Waals surface area contributed by atoms with Crippen LogP contribution in [0.1, 0.15) is 19.5 Å². The molecule has 0 spiro atoms. The summed E-state index contributed by atoms with van der Waals surface area (Å²) < 4.78 is 5.03. The van der Waals surface area contributed by atoms with Crippen molar-refractivity contribution in [2.75, 3.05) is 0 Å². The number of ether oxygens (including phenoxy) is 1. The van der Waals surface area contributed by atoms with E-state index in [1.165, 1.54) is 0 Å². The molecule has 0 saturated carbocycles. The Morgan fingerprint density at radius 3 is 2.64 bits per heavy atom. The molecule has 0 aliphatic carbocycles. The first kappa shape index (κ1) is 15.8. The SMILES string of the molecule is CC(C)C(NC(=O)OCc1ccc2ccccc2n1)C(=O)O. The third kappa shape index (κ3) is 3.94. The van der Waals surface area contributed by atoms with Gasteiger partial charge in [-0.1, -0.05) is 38.1 Å². The van der Waals surface area contributed by atoms with Crippen molar-refractivity contribution in [2.24, 2.45) is 5.92 Å². The van der Waals surface area contributed by atoms with Crippen LogP contribution in [0.2, 0.25) is 0 Å². The molecule has 1 amide bonds. The van der Waals surface area contributed by atoms with Gasteiger partial charge in [-0.3, -0.25) is 0 Å². The van der Waals surface area contributed by atoms with Crippen molar-refractivity contribution in [3.05, 3.63) is 42.1 Å². The molecule has 1 heterocycles. The molecule has 1 atom stereocenters. The fraction of sp³-hybridized carbons (Fsp3) is 0.312. The number of nitrogens with one attached hydrogen (secondary N) is 1. The summed E-state index contributed by atoms with van der Waals surface area (Å²) in [7, 11) is 0. The minimum atomic E-state index is -1.09. The number of hydrogen-bond donors (Lipinski definition) is 2. The van der Waals surface area contributed by atoms with Gasteiger partial charge in [-0.25, -0.2) is 14.6 Å². The van der Waals surface area contributed by atoms with Crippen molar-refractivity contribution >= 4 is 23.0 Å². The van der Waals surface area contributed by atoms with E-state index in [1.807, 2.05) is 30.3 Å². The van der Waals surface area contributed by atoms with Gasteiger partial charge in [-0.2, -0.15) is 0 Å². The summed E-state index contributed by atoms with van der Waals surface area (Å²) in [4.78, 5) is 27.1. The molecule has 6 heteroatoms. The molecule has 0 radical (unpaired) electrons. The second-order valence-corrected chi connectivity index (χ2v) is 5.28. The average Bonchev–Trinajstić information content (AvgIpc) is 2.49. The van der Waals surface area contributed by atoms with E-state index in [2.05, 4.69) is 10.3 Å². The summed E-state index contributed by atoms with van der Waals surface area (Å²) in [5.74, 6) is -1.32. The molecular weight excluding hydrogens is 284 g/mol. The normalized spacial score (nSPS) is 12.1. The molecule has 0 saturated heterocycles. The van der Waals surface area contributed by atoms with Crippen LogP contribution in [-0.4, -0.2) is 28.2 Å². The number of rotatable bonds is 5. The maximum absolute atomic E-state index is 11.7. The number of carbonyl (C=O) groups is 2. The standard InChI is InChI=1S/C16H18N2O4/c1-10(2)14(15(19)20)18-16(21)22-9-12-8-7-11-5-3-4-6-13(11)17-12/h3-8,10,14H,9H2,1-2H3,(H,18,21)(H,19,20). The number of benzene rings is 1. The highest BCUT2D eigenvalue weighted by atomic mass is 16.5. The van der Waals surface area contributed by atoms with Crippen LogP contribution in [0.3, 0.4) is 0 Å². The van der Waals surface area contributed by atoms with Crippen LogP contribution in [0.25, 0.3) is 10.9 Å². The number of fused-ring (bicyclic) bond motifs is 1. The number of para-hydroxylation sites is 1. The highest BCUT2D eigenvalue weighted by Crippen LogP contribution is 2.12. The van der Waals surface area contributed by atoms with Gasteiger partial charge in [0.15, 0.2) is 0 Å². The van der Waals surface area contributed by atoms with E-state index in [-0.39, 0.29) is 12.5 Å². The summed E-state index contributed by atoms with van der Waals surface area (Å²) in [6.07, 6.45) is -0.768. The third-order valence-electron chi connectivity index (χ3n) is 3.21. The van der Waals surface area contributed by atoms with Crippen molar-refractivity contribution in [1.29, 1.82) is 0 Å². The maximum atomic E-state index is 11.7. The van der Waals surface area contributed by atoms with Crippen molar-refractivity contribution in [3.8, 4) is 0 Å². The fourth-order valence-electron chi connectivity index (χ4n) is 2.01. The van der Waals surface area contributed by atoms with E-state index in [0.29, 0.717) is 5.69 Å². The molecule has 6 nitrogen and oxygen atoms in total. The highest BCUT2D eigenvalue weighted by Gasteiger charge is 2.24. The lowest BCUT2D eigenvalue weighted by molar-refractivity contribution is -0.140. The summed E-state index contributed by atoms with van der Waals surface area (Å²) in [5.41, 5.74) is 1.42. The number of nitrogens with zero attached hydrogens (tertiary/aromatic N) is 1. The number of alkyl carbamates (subject to hydrolysis) is 1. The van der Waals surface area contributed by atoms with Crippen LogP contribution < -0.4 is 5.32 Å². The Labute approximate surface area is 128 Å². The smallest absolute Gasteiger partial charge is 0.408 e. The molecule has 2 rings (SSSR count). The van der Waals surface area contributed by atoms with E-state index in [1.54, 1.807) is 19.9 Å². The minimum absolute atomic E-state index is 0.0128. The van der Waals surface area contributed by atoms with E-state index in [9.17, 15) is 9.59 Å². The zero-order valence-electron chi connectivity index (χ0n) is 12.4. The molecule has 116 valence electrons. The first-order valence-corrected chi connectivity index (χ1v) is 6.98. The van der Waals surface area contributed by atoms with Gasteiger partial charge in [0.25, 0.3) is 0 Å². The predicted molar refractivity (Wildman–Crippen MR) is 81.3 cm³/mol. The van der Waals surface area contributed by atoms with Crippen molar-refractivity contribution in [2.45, 2.75) is 26.5 Å². The predicted octanol–water partition coefficient (Wildman–Crippen LogP) is 2.57. The van der Waals surface area contributed by atoms with Gasteiger partial charge < -0.3 is 15.2 Å². The molecular formula is C16H18N2O4. The van der Waals surface area contributed by atoms with Crippen LogP contribution in [0.4, 0.5) is 4.79 Å². The molecule has 1 aromatic carbocycles. The van der Waals surface area contributed by atoms with Crippen molar-refractivity contribution in [3.63, 3.8) is 0 Å². The minimum Gasteiger partial charge on any atom is -0.480 e. The summed E-state index contributed by atoms with van der Waals surface area (Å²) in [5, 5.41) is 12.3. The van der Waals surface area contributed by atoms with Crippen LogP contribution in [0, 0.1) is 5.92 Å². The molecule has 0 aliphatic rings. The topological polar surface area (TPSA) is 88.5 Å². The number of carbonyl (C=O) groups excluding carboxylic acids is 1. The number of hydrogen-bond acceptors (Lipinski definition) is 4. The van der Waals surface area contributed by atoms with E-state index >= 15 is 0 Å². The average molecular weight is 302 g/mol. The first-order valence-electron chi connectivity index (χ1n) is 6.98. The highest BCUT2D eigenvalue weighted by molar-refractivity contribution is 5.80. The molecule has 2 aromatic rings. The Morgan fingerprint density at radius 1 is 1.23 bits per heavy atom. The van der Waals surface area contributed by atoms with Gasteiger partial charge in [0.1, 0.15) is 12.6 Å².